The third-order valence-electron chi connectivity index (χ3n) is 2.77. The van der Waals surface area contributed by atoms with E-state index in [1.54, 1.807) is 12.3 Å². The van der Waals surface area contributed by atoms with E-state index in [4.69, 9.17) is 5.11 Å². The number of anilines is 1. The van der Waals surface area contributed by atoms with Crippen LogP contribution < -0.4 is 5.32 Å². The first-order chi connectivity index (χ1) is 10.2. The van der Waals surface area contributed by atoms with Crippen LogP contribution in [0.3, 0.4) is 0 Å². The van der Waals surface area contributed by atoms with Gasteiger partial charge in [0.2, 0.25) is 0 Å². The summed E-state index contributed by atoms with van der Waals surface area (Å²) >= 11 is 0. The Kier molecular flexibility index (Phi) is 5.02. The van der Waals surface area contributed by atoms with Crippen LogP contribution in [0.25, 0.3) is 0 Å². The van der Waals surface area contributed by atoms with Gasteiger partial charge in [-0.3, -0.25) is 9.78 Å². The lowest BCUT2D eigenvalue weighted by molar-refractivity contribution is 0.102. The Labute approximate surface area is 123 Å². The predicted molar refractivity (Wildman–Crippen MR) is 79.7 cm³/mol. The van der Waals surface area contributed by atoms with E-state index < -0.39 is 0 Å². The quantitative estimate of drug-likeness (QED) is 0.841. The van der Waals surface area contributed by atoms with Crippen molar-refractivity contribution in [2.24, 2.45) is 0 Å². The number of hydrogen-bond donors (Lipinski definition) is 2. The van der Waals surface area contributed by atoms with Gasteiger partial charge < -0.3 is 10.4 Å². The van der Waals surface area contributed by atoms with Gasteiger partial charge in [-0.05, 0) is 24.6 Å². The van der Waals surface area contributed by atoms with Gasteiger partial charge >= 0.3 is 0 Å². The first kappa shape index (κ1) is 14.7. The van der Waals surface area contributed by atoms with E-state index in [0.29, 0.717) is 23.4 Å². The van der Waals surface area contributed by atoms with Gasteiger partial charge in [0.05, 0.1) is 17.7 Å². The molecule has 0 aromatic carbocycles. The number of carbonyl (C=O) groups excluding carboxylic acids is 1. The highest BCUT2D eigenvalue weighted by atomic mass is 16.2. The van der Waals surface area contributed by atoms with Crippen molar-refractivity contribution in [3.05, 3.63) is 53.5 Å². The normalized spacial score (nSPS) is 9.62. The molecular weight excluding hydrogens is 266 g/mol. The molecule has 0 saturated carbocycles. The molecule has 0 spiro atoms. The van der Waals surface area contributed by atoms with Crippen LogP contribution >= 0.6 is 0 Å². The van der Waals surface area contributed by atoms with Crippen molar-refractivity contribution in [2.75, 3.05) is 11.9 Å². The Balaban J connectivity index is 2.24. The minimum atomic E-state index is -0.285. The molecular formula is C16H15N3O2. The van der Waals surface area contributed by atoms with E-state index in [2.05, 4.69) is 27.1 Å². The molecule has 21 heavy (non-hydrogen) atoms. The van der Waals surface area contributed by atoms with Crippen LogP contribution in [-0.4, -0.2) is 27.6 Å². The van der Waals surface area contributed by atoms with Crippen molar-refractivity contribution in [1.29, 1.82) is 0 Å². The van der Waals surface area contributed by atoms with Crippen molar-refractivity contribution < 1.29 is 9.90 Å². The van der Waals surface area contributed by atoms with E-state index in [1.165, 1.54) is 12.4 Å². The Bertz CT molecular complexity index is 702. The number of aryl methyl sites for hydroxylation is 1. The molecule has 0 radical (unpaired) electrons. The van der Waals surface area contributed by atoms with Crippen LogP contribution in [0.2, 0.25) is 0 Å². The summed E-state index contributed by atoms with van der Waals surface area (Å²) in [6, 6.07) is 5.29. The van der Waals surface area contributed by atoms with E-state index in [-0.39, 0.29) is 12.5 Å². The molecule has 0 aliphatic heterocycles. The monoisotopic (exact) mass is 281 g/mol. The Morgan fingerprint density at radius 1 is 1.38 bits per heavy atom. The smallest absolute Gasteiger partial charge is 0.258 e. The standard InChI is InChI=1S/C16H15N3O2/c1-12-5-4-8-18-15(12)19-16(21)14-7-9-17-11-13(14)6-2-3-10-20/h4-5,7-9,11,20H,3,10H2,1H3,(H,18,19,21). The molecule has 0 aliphatic carbocycles. The average molecular weight is 281 g/mol. The fraction of sp³-hybridized carbons (Fsp3) is 0.188. The second kappa shape index (κ2) is 7.17. The maximum atomic E-state index is 12.3. The molecule has 0 unspecified atom stereocenters. The zero-order valence-corrected chi connectivity index (χ0v) is 11.6. The molecule has 0 bridgehead atoms. The predicted octanol–water partition coefficient (Wildman–Crippen LogP) is 1.77. The fourth-order valence-corrected chi connectivity index (χ4v) is 1.70. The van der Waals surface area contributed by atoms with Crippen molar-refractivity contribution in [3.63, 3.8) is 0 Å². The number of aliphatic hydroxyl groups is 1. The molecule has 0 atom stereocenters. The number of hydrogen-bond acceptors (Lipinski definition) is 4. The van der Waals surface area contributed by atoms with Crippen LogP contribution in [-0.2, 0) is 0 Å². The number of rotatable bonds is 3. The third kappa shape index (κ3) is 3.88. The van der Waals surface area contributed by atoms with Gasteiger partial charge in [0.25, 0.3) is 5.91 Å². The van der Waals surface area contributed by atoms with Crippen molar-refractivity contribution in [1.82, 2.24) is 9.97 Å². The maximum Gasteiger partial charge on any atom is 0.258 e. The number of nitrogens with one attached hydrogen (secondary N) is 1. The summed E-state index contributed by atoms with van der Waals surface area (Å²) in [4.78, 5) is 20.4. The summed E-state index contributed by atoms with van der Waals surface area (Å²) in [6.07, 6.45) is 5.05. The molecule has 0 fully saturated rings. The average Bonchev–Trinajstić information content (AvgIpc) is 2.50. The SMILES string of the molecule is Cc1cccnc1NC(=O)c1ccncc1C#CCCO. The highest BCUT2D eigenvalue weighted by molar-refractivity contribution is 6.05. The third-order valence-corrected chi connectivity index (χ3v) is 2.77. The second-order valence-electron chi connectivity index (χ2n) is 4.32. The Hall–Kier alpha value is -2.71. The van der Waals surface area contributed by atoms with Gasteiger partial charge in [0.15, 0.2) is 0 Å². The number of nitrogens with zero attached hydrogens (tertiary/aromatic N) is 2. The van der Waals surface area contributed by atoms with E-state index >= 15 is 0 Å². The summed E-state index contributed by atoms with van der Waals surface area (Å²) in [7, 11) is 0. The largest absolute Gasteiger partial charge is 0.395 e. The number of amides is 1. The van der Waals surface area contributed by atoms with Crippen molar-refractivity contribution >= 4 is 11.7 Å². The number of aliphatic hydroxyl groups excluding tert-OH is 1. The lowest BCUT2D eigenvalue weighted by atomic mass is 10.1. The summed E-state index contributed by atoms with van der Waals surface area (Å²) in [5.41, 5.74) is 1.84. The van der Waals surface area contributed by atoms with Gasteiger partial charge in [-0.2, -0.15) is 0 Å². The zero-order chi connectivity index (χ0) is 15.1. The molecule has 2 aromatic heterocycles. The Morgan fingerprint density at radius 3 is 3.00 bits per heavy atom. The topological polar surface area (TPSA) is 75.1 Å². The highest BCUT2D eigenvalue weighted by Gasteiger charge is 2.11. The number of carbonyl (C=O) groups is 1. The van der Waals surface area contributed by atoms with Crippen molar-refractivity contribution in [2.45, 2.75) is 13.3 Å². The van der Waals surface area contributed by atoms with Crippen LogP contribution in [0, 0.1) is 18.8 Å². The summed E-state index contributed by atoms with van der Waals surface area (Å²) in [6.45, 7) is 1.86. The number of pyridine rings is 2. The number of aromatic nitrogens is 2. The van der Waals surface area contributed by atoms with Gasteiger partial charge in [-0.1, -0.05) is 17.9 Å². The first-order valence-electron chi connectivity index (χ1n) is 6.49. The minimum absolute atomic E-state index is 0.0120. The summed E-state index contributed by atoms with van der Waals surface area (Å²) < 4.78 is 0. The summed E-state index contributed by atoms with van der Waals surface area (Å²) in [5, 5.41) is 11.5. The van der Waals surface area contributed by atoms with Crippen LogP contribution in [0.1, 0.15) is 27.9 Å². The van der Waals surface area contributed by atoms with Crippen LogP contribution in [0.4, 0.5) is 5.82 Å². The highest BCUT2D eigenvalue weighted by Crippen LogP contribution is 2.13. The molecule has 106 valence electrons. The van der Waals surface area contributed by atoms with Crippen LogP contribution in [0.5, 0.6) is 0 Å². The molecule has 0 saturated heterocycles. The van der Waals surface area contributed by atoms with E-state index in [9.17, 15) is 4.79 Å². The fourth-order valence-electron chi connectivity index (χ4n) is 1.70. The van der Waals surface area contributed by atoms with Crippen LogP contribution in [0.15, 0.2) is 36.8 Å². The zero-order valence-electron chi connectivity index (χ0n) is 11.6. The van der Waals surface area contributed by atoms with E-state index in [0.717, 1.165) is 5.56 Å². The summed E-state index contributed by atoms with van der Waals surface area (Å²) in [5.74, 6) is 5.87. The maximum absolute atomic E-state index is 12.3. The lowest BCUT2D eigenvalue weighted by Crippen LogP contribution is -2.15. The molecule has 5 heteroatoms. The molecule has 2 aromatic rings. The molecule has 1 amide bonds. The molecule has 2 rings (SSSR count). The minimum Gasteiger partial charge on any atom is -0.395 e. The molecule has 2 N–H and O–H groups in total. The Morgan fingerprint density at radius 2 is 2.24 bits per heavy atom. The molecule has 5 nitrogen and oxygen atoms in total. The lowest BCUT2D eigenvalue weighted by Gasteiger charge is -2.07. The second-order valence-corrected chi connectivity index (χ2v) is 4.32. The van der Waals surface area contributed by atoms with E-state index in [1.807, 2.05) is 19.1 Å². The molecule has 0 aliphatic rings. The van der Waals surface area contributed by atoms with Gasteiger partial charge in [0.1, 0.15) is 5.82 Å². The van der Waals surface area contributed by atoms with Crippen molar-refractivity contribution in [3.8, 4) is 11.8 Å². The first-order valence-corrected chi connectivity index (χ1v) is 6.49. The van der Waals surface area contributed by atoms with Gasteiger partial charge in [-0.25, -0.2) is 4.98 Å². The van der Waals surface area contributed by atoms with Gasteiger partial charge in [-0.15, -0.1) is 0 Å². The van der Waals surface area contributed by atoms with Gasteiger partial charge in [0, 0.05) is 25.0 Å². The molecule has 2 heterocycles.